The van der Waals surface area contributed by atoms with Crippen LogP contribution in [0.15, 0.2) is 30.3 Å². The van der Waals surface area contributed by atoms with Crippen LogP contribution >= 0.6 is 24.0 Å². The number of carbonyl (C=O) groups is 1. The molecule has 1 aromatic carbocycles. The van der Waals surface area contributed by atoms with Gasteiger partial charge in [0, 0.05) is 10.4 Å². The molecule has 0 bridgehead atoms. The van der Waals surface area contributed by atoms with Crippen molar-refractivity contribution in [3.63, 3.8) is 0 Å². The van der Waals surface area contributed by atoms with Crippen LogP contribution in [0.2, 0.25) is 0 Å². The molecule has 2 aromatic rings. The first-order valence-electron chi connectivity index (χ1n) is 6.25. The molecule has 2 rings (SSSR count). The van der Waals surface area contributed by atoms with Crippen molar-refractivity contribution in [2.45, 2.75) is 19.4 Å². The molecular weight excluding hydrogens is 292 g/mol. The molecule has 0 aliphatic rings. The molecule has 4 nitrogen and oxygen atoms in total. The van der Waals surface area contributed by atoms with Crippen LogP contribution in [-0.4, -0.2) is 27.9 Å². The van der Waals surface area contributed by atoms with Crippen LogP contribution in [0.3, 0.4) is 0 Å². The number of anilines is 1. The van der Waals surface area contributed by atoms with E-state index in [1.54, 1.807) is 0 Å². The first kappa shape index (κ1) is 14.9. The van der Waals surface area contributed by atoms with Crippen molar-refractivity contribution in [3.8, 4) is 11.3 Å². The van der Waals surface area contributed by atoms with E-state index in [-0.39, 0.29) is 0 Å². The van der Waals surface area contributed by atoms with Crippen molar-refractivity contribution in [3.05, 3.63) is 35.2 Å². The number of aryl methyl sites for hydroxylation is 1. The van der Waals surface area contributed by atoms with E-state index in [0.717, 1.165) is 16.1 Å². The van der Waals surface area contributed by atoms with Gasteiger partial charge >= 0.3 is 5.97 Å². The van der Waals surface area contributed by atoms with Crippen LogP contribution in [0, 0.1) is 6.92 Å². The van der Waals surface area contributed by atoms with Crippen LogP contribution in [0.25, 0.3) is 11.3 Å². The highest BCUT2D eigenvalue weighted by Crippen LogP contribution is 2.30. The summed E-state index contributed by atoms with van der Waals surface area (Å²) in [5, 5.41) is 12.7. The van der Waals surface area contributed by atoms with Crippen LogP contribution in [0.1, 0.15) is 11.3 Å². The van der Waals surface area contributed by atoms with Gasteiger partial charge in [-0.3, -0.25) is 0 Å². The summed E-state index contributed by atoms with van der Waals surface area (Å²) in [6.07, 6.45) is 0.456. The van der Waals surface area contributed by atoms with Gasteiger partial charge in [-0.25, -0.2) is 9.78 Å². The van der Waals surface area contributed by atoms with E-state index < -0.39 is 12.0 Å². The monoisotopic (exact) mass is 308 g/mol. The predicted octanol–water partition coefficient (Wildman–Crippen LogP) is 3.30. The summed E-state index contributed by atoms with van der Waals surface area (Å²) in [7, 11) is 0. The van der Waals surface area contributed by atoms with Gasteiger partial charge in [-0.1, -0.05) is 30.3 Å². The summed E-state index contributed by atoms with van der Waals surface area (Å²) in [5.41, 5.74) is 1.93. The number of nitrogens with zero attached hydrogens (tertiary/aromatic N) is 1. The fraction of sp³-hybridized carbons (Fsp3) is 0.286. The summed E-state index contributed by atoms with van der Waals surface area (Å²) in [6.45, 7) is 1.99. The van der Waals surface area contributed by atoms with Gasteiger partial charge < -0.3 is 10.4 Å². The highest BCUT2D eigenvalue weighted by molar-refractivity contribution is 7.80. The number of hydrogen-bond donors (Lipinski definition) is 3. The van der Waals surface area contributed by atoms with Crippen molar-refractivity contribution in [2.24, 2.45) is 0 Å². The largest absolute Gasteiger partial charge is 0.480 e. The zero-order chi connectivity index (χ0) is 14.5. The average Bonchev–Trinajstić information content (AvgIpc) is 2.80. The van der Waals surface area contributed by atoms with Gasteiger partial charge in [0.15, 0.2) is 5.13 Å². The lowest BCUT2D eigenvalue weighted by molar-refractivity contribution is -0.137. The summed E-state index contributed by atoms with van der Waals surface area (Å²) >= 11 is 5.55. The molecule has 2 N–H and O–H groups in total. The van der Waals surface area contributed by atoms with Gasteiger partial charge in [0.25, 0.3) is 0 Å². The first-order chi connectivity index (χ1) is 9.61. The minimum atomic E-state index is -0.881. The number of thiazole rings is 1. The molecule has 1 atom stereocenters. The second kappa shape index (κ2) is 6.76. The molecule has 0 radical (unpaired) electrons. The summed E-state index contributed by atoms with van der Waals surface area (Å²) in [5.74, 6) is -0.368. The van der Waals surface area contributed by atoms with Gasteiger partial charge in [-0.15, -0.1) is 11.3 Å². The van der Waals surface area contributed by atoms with E-state index >= 15 is 0 Å². The predicted molar refractivity (Wildman–Crippen MR) is 85.8 cm³/mol. The zero-order valence-corrected chi connectivity index (χ0v) is 12.7. The Bertz CT molecular complexity index is 584. The smallest absolute Gasteiger partial charge is 0.326 e. The van der Waals surface area contributed by atoms with Gasteiger partial charge in [0.05, 0.1) is 5.69 Å². The van der Waals surface area contributed by atoms with E-state index in [2.05, 4.69) is 22.9 Å². The van der Waals surface area contributed by atoms with Crippen molar-refractivity contribution in [2.75, 3.05) is 11.1 Å². The summed E-state index contributed by atoms with van der Waals surface area (Å²) < 4.78 is 0. The summed E-state index contributed by atoms with van der Waals surface area (Å²) in [4.78, 5) is 16.7. The highest BCUT2D eigenvalue weighted by atomic mass is 32.1. The molecule has 0 amide bonds. The number of benzene rings is 1. The Hall–Kier alpha value is -1.53. The molecule has 0 aliphatic heterocycles. The average molecular weight is 308 g/mol. The van der Waals surface area contributed by atoms with Crippen LogP contribution in [-0.2, 0) is 4.79 Å². The molecule has 0 fully saturated rings. The van der Waals surface area contributed by atoms with Crippen LogP contribution in [0.4, 0.5) is 5.13 Å². The third-order valence-electron chi connectivity index (χ3n) is 2.86. The second-order valence-corrected chi connectivity index (χ2v) is 5.99. The SMILES string of the molecule is Cc1sc(NC(CCS)C(=O)O)nc1-c1ccccc1. The fourth-order valence-electron chi connectivity index (χ4n) is 1.86. The van der Waals surface area contributed by atoms with E-state index in [9.17, 15) is 4.79 Å². The third kappa shape index (κ3) is 3.52. The quantitative estimate of drug-likeness (QED) is 0.717. The lowest BCUT2D eigenvalue weighted by Gasteiger charge is -2.11. The molecule has 1 unspecified atom stereocenters. The summed E-state index contributed by atoms with van der Waals surface area (Å²) in [6, 6.07) is 9.21. The zero-order valence-electron chi connectivity index (χ0n) is 11.0. The Morgan fingerprint density at radius 3 is 2.75 bits per heavy atom. The molecule has 6 heteroatoms. The molecule has 0 spiro atoms. The van der Waals surface area contributed by atoms with E-state index in [4.69, 9.17) is 5.11 Å². The maximum Gasteiger partial charge on any atom is 0.326 e. The van der Waals surface area contributed by atoms with Gasteiger partial charge in [0.2, 0.25) is 0 Å². The molecule has 1 heterocycles. The second-order valence-electron chi connectivity index (χ2n) is 4.34. The molecule has 0 aliphatic carbocycles. The van der Waals surface area contributed by atoms with E-state index in [0.29, 0.717) is 17.3 Å². The number of rotatable bonds is 6. The number of nitrogens with one attached hydrogen (secondary N) is 1. The molecular formula is C14H16N2O2S2. The number of hydrogen-bond acceptors (Lipinski definition) is 5. The van der Waals surface area contributed by atoms with E-state index in [1.165, 1.54) is 11.3 Å². The van der Waals surface area contributed by atoms with Crippen LogP contribution < -0.4 is 5.32 Å². The molecule has 106 valence electrons. The number of aliphatic carboxylic acids is 1. The highest BCUT2D eigenvalue weighted by Gasteiger charge is 2.18. The Morgan fingerprint density at radius 1 is 1.45 bits per heavy atom. The van der Waals surface area contributed by atoms with Gasteiger partial charge in [-0.2, -0.15) is 12.6 Å². The minimum absolute atomic E-state index is 0.456. The maximum absolute atomic E-state index is 11.1. The molecule has 0 saturated heterocycles. The standard InChI is InChI=1S/C14H16N2O2S2/c1-9-12(10-5-3-2-4-6-10)16-14(20-9)15-11(7-8-19)13(17)18/h2-6,11,19H,7-8H2,1H3,(H,15,16)(H,17,18). The van der Waals surface area contributed by atoms with E-state index in [1.807, 2.05) is 37.3 Å². The lowest BCUT2D eigenvalue weighted by atomic mass is 10.1. The molecule has 1 aromatic heterocycles. The van der Waals surface area contributed by atoms with Crippen molar-refractivity contribution < 1.29 is 9.90 Å². The van der Waals surface area contributed by atoms with Crippen molar-refractivity contribution in [1.29, 1.82) is 0 Å². The Balaban J connectivity index is 2.21. The van der Waals surface area contributed by atoms with Crippen molar-refractivity contribution >= 4 is 35.1 Å². The van der Waals surface area contributed by atoms with Crippen LogP contribution in [0.5, 0.6) is 0 Å². The van der Waals surface area contributed by atoms with Gasteiger partial charge in [0.1, 0.15) is 6.04 Å². The number of aromatic nitrogens is 1. The van der Waals surface area contributed by atoms with Gasteiger partial charge in [-0.05, 0) is 19.1 Å². The third-order valence-corrected chi connectivity index (χ3v) is 4.02. The Labute approximate surface area is 127 Å². The normalized spacial score (nSPS) is 12.1. The van der Waals surface area contributed by atoms with Crippen molar-refractivity contribution in [1.82, 2.24) is 4.98 Å². The topological polar surface area (TPSA) is 62.2 Å². The fourth-order valence-corrected chi connectivity index (χ4v) is 3.00. The molecule has 20 heavy (non-hydrogen) atoms. The molecule has 0 saturated carbocycles. The first-order valence-corrected chi connectivity index (χ1v) is 7.69. The maximum atomic E-state index is 11.1. The number of carboxylic acids is 1. The minimum Gasteiger partial charge on any atom is -0.480 e. The number of carboxylic acid groups (broad SMARTS) is 1. The number of thiol groups is 1. The Kier molecular flexibility index (Phi) is 5.03. The Morgan fingerprint density at radius 2 is 2.15 bits per heavy atom. The lowest BCUT2D eigenvalue weighted by Crippen LogP contribution is -2.29.